The zero-order valence-electron chi connectivity index (χ0n) is 15.7. The monoisotopic (exact) mass is 366 g/mol. The van der Waals surface area contributed by atoms with Crippen molar-refractivity contribution in [3.05, 3.63) is 58.2 Å². The number of amides is 4. The van der Waals surface area contributed by atoms with Crippen molar-refractivity contribution in [1.82, 2.24) is 9.80 Å². The molecule has 2 heterocycles. The summed E-state index contributed by atoms with van der Waals surface area (Å²) in [4.78, 5) is 50.2. The van der Waals surface area contributed by atoms with Gasteiger partial charge in [-0.25, -0.2) is 0 Å². The van der Waals surface area contributed by atoms with Gasteiger partial charge in [0.25, 0.3) is 23.6 Å². The molecule has 1 aromatic rings. The molecule has 0 saturated heterocycles. The van der Waals surface area contributed by atoms with Crippen molar-refractivity contribution < 1.29 is 19.2 Å². The molecule has 6 heteroatoms. The molecule has 0 bridgehead atoms. The van der Waals surface area contributed by atoms with Crippen molar-refractivity contribution in [1.29, 1.82) is 0 Å². The van der Waals surface area contributed by atoms with Gasteiger partial charge < -0.3 is 0 Å². The fourth-order valence-electron chi connectivity index (χ4n) is 3.32. The van der Waals surface area contributed by atoms with Crippen LogP contribution in [-0.4, -0.2) is 46.5 Å². The fraction of sp³-hybridized carbons (Fsp3) is 0.333. The summed E-state index contributed by atoms with van der Waals surface area (Å²) in [5, 5.41) is 0. The zero-order valence-corrected chi connectivity index (χ0v) is 15.7. The number of hydrogen-bond donors (Lipinski definition) is 0. The van der Waals surface area contributed by atoms with Crippen molar-refractivity contribution in [3.8, 4) is 0 Å². The molecule has 6 nitrogen and oxygen atoms in total. The third-order valence-electron chi connectivity index (χ3n) is 5.02. The number of aryl methyl sites for hydroxylation is 1. The summed E-state index contributed by atoms with van der Waals surface area (Å²) in [5.41, 5.74) is 4.07. The lowest BCUT2D eigenvalue weighted by molar-refractivity contribution is -0.138. The predicted octanol–water partition coefficient (Wildman–Crippen LogP) is 1.71. The van der Waals surface area contributed by atoms with Gasteiger partial charge in [-0.15, -0.1) is 0 Å². The molecule has 0 radical (unpaired) electrons. The van der Waals surface area contributed by atoms with Crippen LogP contribution < -0.4 is 0 Å². The lowest BCUT2D eigenvalue weighted by Gasteiger charge is -2.17. The highest BCUT2D eigenvalue weighted by atomic mass is 16.2. The third kappa shape index (κ3) is 3.74. The van der Waals surface area contributed by atoms with Crippen LogP contribution in [0.25, 0.3) is 0 Å². The predicted molar refractivity (Wildman–Crippen MR) is 99.5 cm³/mol. The number of hydrogen-bond acceptors (Lipinski definition) is 4. The van der Waals surface area contributed by atoms with E-state index in [4.69, 9.17) is 0 Å². The molecule has 0 aromatic heterocycles. The van der Waals surface area contributed by atoms with Crippen LogP contribution in [0.2, 0.25) is 0 Å². The van der Waals surface area contributed by atoms with Gasteiger partial charge in [0.15, 0.2) is 0 Å². The SMILES string of the molecule is CC1=CC(=O)N(CCc2ccc(C)c(CCN3C(=O)C=C(C)C3=O)c2)C1=O. The first-order valence-corrected chi connectivity index (χ1v) is 8.94. The number of carbonyl (C=O) groups excluding carboxylic acids is 4. The van der Waals surface area contributed by atoms with E-state index in [1.165, 1.54) is 22.0 Å². The van der Waals surface area contributed by atoms with Gasteiger partial charge in [-0.1, -0.05) is 18.2 Å². The van der Waals surface area contributed by atoms with Crippen LogP contribution in [0.4, 0.5) is 0 Å². The van der Waals surface area contributed by atoms with Crippen molar-refractivity contribution in [2.75, 3.05) is 13.1 Å². The van der Waals surface area contributed by atoms with E-state index >= 15 is 0 Å². The number of imide groups is 2. The highest BCUT2D eigenvalue weighted by Crippen LogP contribution is 2.18. The average Bonchev–Trinajstić information content (AvgIpc) is 3.01. The average molecular weight is 366 g/mol. The Morgan fingerprint density at radius 1 is 0.741 bits per heavy atom. The Morgan fingerprint density at radius 3 is 1.74 bits per heavy atom. The summed E-state index contributed by atoms with van der Waals surface area (Å²) in [6.45, 7) is 5.94. The van der Waals surface area contributed by atoms with Gasteiger partial charge in [0, 0.05) is 36.4 Å². The second-order valence-corrected chi connectivity index (χ2v) is 7.01. The van der Waals surface area contributed by atoms with Gasteiger partial charge in [-0.05, 0) is 50.3 Å². The van der Waals surface area contributed by atoms with E-state index in [2.05, 4.69) is 0 Å². The van der Waals surface area contributed by atoms with Crippen LogP contribution >= 0.6 is 0 Å². The summed E-state index contributed by atoms with van der Waals surface area (Å²) in [7, 11) is 0. The molecule has 3 rings (SSSR count). The smallest absolute Gasteiger partial charge is 0.256 e. The Labute approximate surface area is 158 Å². The Balaban J connectivity index is 1.63. The first kappa shape index (κ1) is 18.8. The zero-order chi connectivity index (χ0) is 19.7. The van der Waals surface area contributed by atoms with Crippen molar-refractivity contribution in [2.24, 2.45) is 0 Å². The van der Waals surface area contributed by atoms with E-state index in [-0.39, 0.29) is 23.6 Å². The lowest BCUT2D eigenvalue weighted by Crippen LogP contribution is -2.33. The van der Waals surface area contributed by atoms with Crippen LogP contribution in [-0.2, 0) is 32.0 Å². The summed E-state index contributed by atoms with van der Waals surface area (Å²) in [6, 6.07) is 5.98. The Hall–Kier alpha value is -3.02. The normalized spacial score (nSPS) is 17.1. The Bertz CT molecular complexity index is 911. The molecule has 0 unspecified atom stereocenters. The maximum atomic E-state index is 12.0. The first-order chi connectivity index (χ1) is 12.8. The van der Waals surface area contributed by atoms with Crippen LogP contribution in [0.15, 0.2) is 41.5 Å². The highest BCUT2D eigenvalue weighted by Gasteiger charge is 2.28. The molecule has 0 aliphatic carbocycles. The maximum Gasteiger partial charge on any atom is 0.256 e. The number of rotatable bonds is 6. The molecule has 27 heavy (non-hydrogen) atoms. The number of carbonyl (C=O) groups is 4. The van der Waals surface area contributed by atoms with Gasteiger partial charge in [0.1, 0.15) is 0 Å². The second kappa shape index (κ2) is 7.31. The molecular weight excluding hydrogens is 344 g/mol. The van der Waals surface area contributed by atoms with Crippen LogP contribution in [0.1, 0.15) is 30.5 Å². The van der Waals surface area contributed by atoms with Crippen molar-refractivity contribution in [3.63, 3.8) is 0 Å². The maximum absolute atomic E-state index is 12.0. The van der Waals surface area contributed by atoms with E-state index in [9.17, 15) is 19.2 Å². The van der Waals surface area contributed by atoms with Gasteiger partial charge in [-0.3, -0.25) is 29.0 Å². The summed E-state index contributed by atoms with van der Waals surface area (Å²) in [6.07, 6.45) is 3.86. The lowest BCUT2D eigenvalue weighted by atomic mass is 10.0. The summed E-state index contributed by atoms with van der Waals surface area (Å²) in [5.74, 6) is -0.997. The van der Waals surface area contributed by atoms with Crippen molar-refractivity contribution >= 4 is 23.6 Å². The Kier molecular flexibility index (Phi) is 5.08. The highest BCUT2D eigenvalue weighted by molar-refractivity contribution is 6.16. The molecule has 0 N–H and O–H groups in total. The van der Waals surface area contributed by atoms with Crippen LogP contribution in [0.3, 0.4) is 0 Å². The molecule has 1 aromatic carbocycles. The quantitative estimate of drug-likeness (QED) is 0.719. The van der Waals surface area contributed by atoms with Gasteiger partial charge in [0.2, 0.25) is 0 Å². The molecule has 4 amide bonds. The van der Waals surface area contributed by atoms with E-state index in [1.54, 1.807) is 13.8 Å². The third-order valence-corrected chi connectivity index (χ3v) is 5.02. The van der Waals surface area contributed by atoms with Crippen LogP contribution in [0, 0.1) is 6.92 Å². The fourth-order valence-corrected chi connectivity index (χ4v) is 3.32. The molecule has 140 valence electrons. The van der Waals surface area contributed by atoms with Gasteiger partial charge >= 0.3 is 0 Å². The van der Waals surface area contributed by atoms with E-state index in [1.807, 2.05) is 25.1 Å². The van der Waals surface area contributed by atoms with E-state index in [0.717, 1.165) is 16.7 Å². The molecule has 0 atom stereocenters. The summed E-state index contributed by atoms with van der Waals surface area (Å²) < 4.78 is 0. The topological polar surface area (TPSA) is 74.8 Å². The van der Waals surface area contributed by atoms with E-state index in [0.29, 0.717) is 37.1 Å². The Morgan fingerprint density at radius 2 is 1.26 bits per heavy atom. The summed E-state index contributed by atoms with van der Waals surface area (Å²) >= 11 is 0. The molecule has 0 saturated carbocycles. The second-order valence-electron chi connectivity index (χ2n) is 7.01. The van der Waals surface area contributed by atoms with E-state index < -0.39 is 0 Å². The van der Waals surface area contributed by atoms with Crippen LogP contribution in [0.5, 0.6) is 0 Å². The van der Waals surface area contributed by atoms with Gasteiger partial charge in [-0.2, -0.15) is 0 Å². The first-order valence-electron chi connectivity index (χ1n) is 8.94. The largest absolute Gasteiger partial charge is 0.275 e. The number of nitrogens with zero attached hydrogens (tertiary/aromatic N) is 2. The molecule has 0 fully saturated rings. The standard InChI is InChI=1S/C21H22N2O4/c1-13-4-5-16(6-8-22-18(24)10-14(2)20(22)26)12-17(13)7-9-23-19(25)11-15(3)21(23)27/h4-5,10-12H,6-9H2,1-3H3. The minimum absolute atomic E-state index is 0.234. The molecule has 0 spiro atoms. The number of benzene rings is 1. The molecule has 2 aliphatic rings. The molecular formula is C21H22N2O4. The minimum atomic E-state index is -0.265. The molecule has 2 aliphatic heterocycles. The van der Waals surface area contributed by atoms with Crippen molar-refractivity contribution in [2.45, 2.75) is 33.6 Å². The van der Waals surface area contributed by atoms with Gasteiger partial charge in [0.05, 0.1) is 0 Å². The minimum Gasteiger partial charge on any atom is -0.275 e.